The molecule has 0 saturated heterocycles. The van der Waals surface area contributed by atoms with Gasteiger partial charge < -0.3 is 10.1 Å². The van der Waals surface area contributed by atoms with E-state index in [2.05, 4.69) is 17.5 Å². The van der Waals surface area contributed by atoms with Crippen molar-refractivity contribution in [2.45, 2.75) is 25.3 Å². The Morgan fingerprint density at radius 2 is 2.08 bits per heavy atom. The van der Waals surface area contributed by atoms with Crippen molar-refractivity contribution in [2.24, 2.45) is 5.92 Å². The summed E-state index contributed by atoms with van der Waals surface area (Å²) in [6, 6.07) is 11.1. The molecule has 4 rings (SSSR count). The lowest BCUT2D eigenvalue weighted by Crippen LogP contribution is -2.29. The van der Waals surface area contributed by atoms with Crippen LogP contribution in [0.5, 0.6) is 5.75 Å². The largest absolute Gasteiger partial charge is 0.494 e. The number of fused-ring (bicyclic) bond motifs is 3. The Morgan fingerprint density at radius 3 is 2.77 bits per heavy atom. The molecule has 5 nitrogen and oxygen atoms in total. The molecule has 2 aromatic carbocycles. The predicted molar refractivity (Wildman–Crippen MR) is 102 cm³/mol. The maximum atomic E-state index is 11.7. The Labute approximate surface area is 156 Å². The minimum absolute atomic E-state index is 0.00332. The first-order chi connectivity index (χ1) is 12.6. The molecule has 2 aliphatic rings. The summed E-state index contributed by atoms with van der Waals surface area (Å²) in [6.07, 6.45) is 5.25. The van der Waals surface area contributed by atoms with Gasteiger partial charge in [-0.15, -0.1) is 0 Å². The molecule has 6 heteroatoms. The van der Waals surface area contributed by atoms with Crippen molar-refractivity contribution in [3.05, 3.63) is 74.8 Å². The second-order valence-electron chi connectivity index (χ2n) is 6.62. The fraction of sp³-hybridized carbons (Fsp3) is 0.300. The third-order valence-corrected chi connectivity index (χ3v) is 5.41. The zero-order valence-corrected chi connectivity index (χ0v) is 15.1. The lowest BCUT2D eigenvalue weighted by Gasteiger charge is -2.37. The molecule has 0 bridgehead atoms. The Balaban J connectivity index is 1.83. The molecule has 0 saturated carbocycles. The Bertz CT molecular complexity index is 879. The minimum Gasteiger partial charge on any atom is -0.494 e. The number of nitro groups is 1. The second kappa shape index (κ2) is 6.65. The molecular weight excluding hydrogens is 352 g/mol. The van der Waals surface area contributed by atoms with Gasteiger partial charge in [0.25, 0.3) is 5.69 Å². The lowest BCUT2D eigenvalue weighted by atomic mass is 9.76. The fourth-order valence-corrected chi connectivity index (χ4v) is 4.17. The number of nitrogens with zero attached hydrogens (tertiary/aromatic N) is 1. The van der Waals surface area contributed by atoms with Gasteiger partial charge in [-0.2, -0.15) is 0 Å². The number of hydrogen-bond donors (Lipinski definition) is 1. The van der Waals surface area contributed by atoms with Gasteiger partial charge in [-0.1, -0.05) is 35.9 Å². The van der Waals surface area contributed by atoms with Gasteiger partial charge in [0.1, 0.15) is 11.4 Å². The topological polar surface area (TPSA) is 64.4 Å². The molecule has 0 aromatic heterocycles. The molecule has 0 radical (unpaired) electrons. The van der Waals surface area contributed by atoms with Crippen LogP contribution in [0, 0.1) is 16.0 Å². The van der Waals surface area contributed by atoms with Gasteiger partial charge in [-0.05, 0) is 48.6 Å². The molecule has 26 heavy (non-hydrogen) atoms. The van der Waals surface area contributed by atoms with Crippen LogP contribution in [0.3, 0.4) is 0 Å². The summed E-state index contributed by atoms with van der Waals surface area (Å²) in [7, 11) is 0. The van der Waals surface area contributed by atoms with Gasteiger partial charge in [0.15, 0.2) is 0 Å². The van der Waals surface area contributed by atoms with Crippen molar-refractivity contribution >= 4 is 23.0 Å². The van der Waals surface area contributed by atoms with Crippen LogP contribution in [-0.4, -0.2) is 11.5 Å². The first kappa shape index (κ1) is 16.9. The average molecular weight is 371 g/mol. The third kappa shape index (κ3) is 2.82. The Morgan fingerprint density at radius 1 is 1.31 bits per heavy atom. The van der Waals surface area contributed by atoms with Crippen LogP contribution < -0.4 is 10.1 Å². The molecule has 1 aliphatic heterocycles. The number of benzene rings is 2. The van der Waals surface area contributed by atoms with E-state index in [0.29, 0.717) is 29.0 Å². The minimum atomic E-state index is -0.341. The van der Waals surface area contributed by atoms with E-state index >= 15 is 0 Å². The van der Waals surface area contributed by atoms with E-state index in [-0.39, 0.29) is 22.6 Å². The molecule has 134 valence electrons. The standard InChI is InChI=1S/C20H19ClN2O3/c1-2-26-14-10-17-15-4-3-5-16(15)19(12-6-8-13(21)9-7-12)22-20(17)18(11-14)23(24)25/h3-4,6-11,15-16,19,22H,2,5H2,1H3/t15-,16-,19-/m1/s1. The maximum absolute atomic E-state index is 11.7. The van der Waals surface area contributed by atoms with Gasteiger partial charge >= 0.3 is 0 Å². The molecule has 1 aliphatic carbocycles. The van der Waals surface area contributed by atoms with Crippen LogP contribution in [0.2, 0.25) is 5.02 Å². The summed E-state index contributed by atoms with van der Waals surface area (Å²) >= 11 is 6.02. The van der Waals surface area contributed by atoms with Crippen molar-refractivity contribution in [1.29, 1.82) is 0 Å². The van der Waals surface area contributed by atoms with Crippen molar-refractivity contribution in [1.82, 2.24) is 0 Å². The second-order valence-corrected chi connectivity index (χ2v) is 7.06. The molecule has 1 N–H and O–H groups in total. The SMILES string of the molecule is CCOc1cc2c(c([N+](=O)[O-])c1)N[C@H](c1ccc(Cl)cc1)[C@@H]1CC=C[C@@H]21. The van der Waals surface area contributed by atoms with Crippen LogP contribution in [0.15, 0.2) is 48.6 Å². The highest BCUT2D eigenvalue weighted by atomic mass is 35.5. The van der Waals surface area contributed by atoms with Crippen molar-refractivity contribution in [3.63, 3.8) is 0 Å². The average Bonchev–Trinajstić information content (AvgIpc) is 3.11. The highest BCUT2D eigenvalue weighted by Crippen LogP contribution is 2.53. The number of ether oxygens (including phenoxy) is 1. The van der Waals surface area contributed by atoms with E-state index in [1.54, 1.807) is 0 Å². The molecule has 0 spiro atoms. The molecule has 2 aromatic rings. The Hall–Kier alpha value is -2.53. The summed E-state index contributed by atoms with van der Waals surface area (Å²) in [5.41, 5.74) is 2.67. The fourth-order valence-electron chi connectivity index (χ4n) is 4.05. The molecule has 3 atom stereocenters. The molecule has 0 fully saturated rings. The van der Waals surface area contributed by atoms with Crippen molar-refractivity contribution < 1.29 is 9.66 Å². The summed E-state index contributed by atoms with van der Waals surface area (Å²) in [6.45, 7) is 2.35. The monoisotopic (exact) mass is 370 g/mol. The third-order valence-electron chi connectivity index (χ3n) is 5.16. The number of allylic oxidation sites excluding steroid dienone is 2. The number of halogens is 1. The van der Waals surface area contributed by atoms with E-state index in [0.717, 1.165) is 17.5 Å². The number of anilines is 1. The number of nitro benzene ring substituents is 1. The summed E-state index contributed by atoms with van der Waals surface area (Å²) in [5, 5.41) is 15.8. The van der Waals surface area contributed by atoms with Crippen LogP contribution in [-0.2, 0) is 0 Å². The van der Waals surface area contributed by atoms with Gasteiger partial charge in [-0.3, -0.25) is 10.1 Å². The van der Waals surface area contributed by atoms with Crippen LogP contribution in [0.4, 0.5) is 11.4 Å². The maximum Gasteiger partial charge on any atom is 0.296 e. The first-order valence-electron chi connectivity index (χ1n) is 8.72. The Kier molecular flexibility index (Phi) is 4.32. The van der Waals surface area contributed by atoms with E-state index in [1.165, 1.54) is 6.07 Å². The van der Waals surface area contributed by atoms with Crippen LogP contribution in [0.25, 0.3) is 0 Å². The van der Waals surface area contributed by atoms with Crippen molar-refractivity contribution in [3.8, 4) is 5.75 Å². The smallest absolute Gasteiger partial charge is 0.296 e. The first-order valence-corrected chi connectivity index (χ1v) is 9.10. The molecular formula is C20H19ClN2O3. The lowest BCUT2D eigenvalue weighted by molar-refractivity contribution is -0.384. The van der Waals surface area contributed by atoms with Crippen LogP contribution >= 0.6 is 11.6 Å². The normalized spacial score (nSPS) is 23.1. The van der Waals surface area contributed by atoms with Gasteiger partial charge in [0.2, 0.25) is 0 Å². The van der Waals surface area contributed by atoms with Crippen LogP contribution in [0.1, 0.15) is 36.4 Å². The molecule has 1 heterocycles. The van der Waals surface area contributed by atoms with Gasteiger partial charge in [0.05, 0.1) is 23.6 Å². The summed E-state index contributed by atoms with van der Waals surface area (Å²) in [4.78, 5) is 11.3. The number of hydrogen-bond acceptors (Lipinski definition) is 4. The highest BCUT2D eigenvalue weighted by Gasteiger charge is 2.41. The molecule has 0 unspecified atom stereocenters. The van der Waals surface area contributed by atoms with E-state index in [1.807, 2.05) is 37.3 Å². The van der Waals surface area contributed by atoms with Gasteiger partial charge in [-0.25, -0.2) is 0 Å². The van der Waals surface area contributed by atoms with E-state index < -0.39 is 0 Å². The number of rotatable bonds is 4. The quantitative estimate of drug-likeness (QED) is 0.440. The molecule has 0 amide bonds. The van der Waals surface area contributed by atoms with Crippen molar-refractivity contribution in [2.75, 3.05) is 11.9 Å². The summed E-state index contributed by atoms with van der Waals surface area (Å²) in [5.74, 6) is 0.981. The van der Waals surface area contributed by atoms with Gasteiger partial charge in [0, 0.05) is 10.9 Å². The zero-order chi connectivity index (χ0) is 18.3. The predicted octanol–water partition coefficient (Wildman–Crippen LogP) is 5.47. The zero-order valence-electron chi connectivity index (χ0n) is 14.3. The summed E-state index contributed by atoms with van der Waals surface area (Å²) < 4.78 is 5.56. The van der Waals surface area contributed by atoms with E-state index in [9.17, 15) is 10.1 Å². The van der Waals surface area contributed by atoms with E-state index in [4.69, 9.17) is 16.3 Å². The number of nitrogens with one attached hydrogen (secondary N) is 1. The highest BCUT2D eigenvalue weighted by molar-refractivity contribution is 6.30.